The molecular formula is C17H26N4O. The van der Waals surface area contributed by atoms with Gasteiger partial charge < -0.3 is 4.90 Å². The molecule has 1 saturated heterocycles. The molecule has 3 rings (SSSR count). The summed E-state index contributed by atoms with van der Waals surface area (Å²) in [6.07, 6.45) is 3.76. The molecule has 0 unspecified atom stereocenters. The van der Waals surface area contributed by atoms with E-state index in [9.17, 15) is 4.79 Å². The van der Waals surface area contributed by atoms with Crippen molar-refractivity contribution in [2.75, 3.05) is 18.0 Å². The van der Waals surface area contributed by atoms with Crippen molar-refractivity contribution in [3.63, 3.8) is 0 Å². The van der Waals surface area contributed by atoms with Crippen molar-refractivity contribution in [1.82, 2.24) is 14.1 Å². The second-order valence-electron chi connectivity index (χ2n) is 7.55. The van der Waals surface area contributed by atoms with Crippen LogP contribution in [0.1, 0.15) is 40.0 Å². The second-order valence-corrected chi connectivity index (χ2v) is 7.55. The summed E-state index contributed by atoms with van der Waals surface area (Å²) in [4.78, 5) is 19.6. The highest BCUT2D eigenvalue weighted by Gasteiger charge is 2.20. The Morgan fingerprint density at radius 3 is 2.45 bits per heavy atom. The third-order valence-electron chi connectivity index (χ3n) is 4.28. The van der Waals surface area contributed by atoms with Crippen LogP contribution in [0.3, 0.4) is 0 Å². The molecule has 0 amide bonds. The SMILES string of the molecule is Cn1c(=O)n(CC(C)(C)C)c2ccc(N3CCCCC3)nc21. The molecule has 0 aliphatic carbocycles. The minimum Gasteiger partial charge on any atom is -0.357 e. The molecule has 0 saturated carbocycles. The number of piperidine rings is 1. The van der Waals surface area contributed by atoms with Crippen LogP contribution in [0.25, 0.3) is 11.2 Å². The molecule has 2 aromatic heterocycles. The van der Waals surface area contributed by atoms with E-state index in [-0.39, 0.29) is 11.1 Å². The molecule has 3 heterocycles. The molecule has 22 heavy (non-hydrogen) atoms. The first-order valence-electron chi connectivity index (χ1n) is 8.18. The Morgan fingerprint density at radius 2 is 1.82 bits per heavy atom. The fourth-order valence-corrected chi connectivity index (χ4v) is 3.19. The van der Waals surface area contributed by atoms with E-state index in [1.807, 2.05) is 11.6 Å². The minimum absolute atomic E-state index is 0.0215. The van der Waals surface area contributed by atoms with E-state index in [1.165, 1.54) is 19.3 Å². The number of hydrogen-bond acceptors (Lipinski definition) is 3. The van der Waals surface area contributed by atoms with Crippen LogP contribution < -0.4 is 10.6 Å². The lowest BCUT2D eigenvalue weighted by Crippen LogP contribution is -2.30. The second kappa shape index (κ2) is 5.45. The number of pyridine rings is 1. The number of rotatable bonds is 2. The van der Waals surface area contributed by atoms with Crippen LogP contribution in [0.2, 0.25) is 0 Å². The maximum atomic E-state index is 12.5. The number of aromatic nitrogens is 3. The molecule has 1 fully saturated rings. The molecular weight excluding hydrogens is 276 g/mol. The quantitative estimate of drug-likeness (QED) is 0.857. The van der Waals surface area contributed by atoms with E-state index in [0.717, 1.165) is 30.1 Å². The molecule has 120 valence electrons. The number of imidazole rings is 1. The van der Waals surface area contributed by atoms with E-state index in [2.05, 4.69) is 37.8 Å². The summed E-state index contributed by atoms with van der Waals surface area (Å²) in [7, 11) is 1.82. The molecule has 1 aliphatic heterocycles. The molecule has 5 heteroatoms. The molecule has 0 radical (unpaired) electrons. The van der Waals surface area contributed by atoms with Gasteiger partial charge in [0.15, 0.2) is 5.65 Å². The summed E-state index contributed by atoms with van der Waals surface area (Å²) in [6.45, 7) is 9.27. The van der Waals surface area contributed by atoms with Crippen LogP contribution >= 0.6 is 0 Å². The van der Waals surface area contributed by atoms with Gasteiger partial charge in [-0.1, -0.05) is 20.8 Å². The lowest BCUT2D eigenvalue weighted by Gasteiger charge is -2.27. The summed E-state index contributed by atoms with van der Waals surface area (Å²) < 4.78 is 3.52. The van der Waals surface area contributed by atoms with Gasteiger partial charge in [-0.15, -0.1) is 0 Å². The Hall–Kier alpha value is -1.78. The average Bonchev–Trinajstić information content (AvgIpc) is 2.71. The van der Waals surface area contributed by atoms with E-state index in [0.29, 0.717) is 6.54 Å². The lowest BCUT2D eigenvalue weighted by molar-refractivity contribution is 0.342. The predicted molar refractivity (Wildman–Crippen MR) is 90.5 cm³/mol. The van der Waals surface area contributed by atoms with Gasteiger partial charge in [0.1, 0.15) is 5.82 Å². The van der Waals surface area contributed by atoms with Gasteiger partial charge in [0, 0.05) is 26.7 Å². The molecule has 0 aromatic carbocycles. The number of aryl methyl sites for hydroxylation is 1. The highest BCUT2D eigenvalue weighted by atomic mass is 16.1. The maximum Gasteiger partial charge on any atom is 0.330 e. The van der Waals surface area contributed by atoms with Gasteiger partial charge in [-0.05, 0) is 36.8 Å². The van der Waals surface area contributed by atoms with Crippen molar-refractivity contribution in [2.45, 2.75) is 46.6 Å². The van der Waals surface area contributed by atoms with Crippen LogP contribution in [-0.4, -0.2) is 27.2 Å². The van der Waals surface area contributed by atoms with Crippen LogP contribution in [0.4, 0.5) is 5.82 Å². The van der Waals surface area contributed by atoms with Crippen molar-refractivity contribution >= 4 is 17.0 Å². The third-order valence-corrected chi connectivity index (χ3v) is 4.28. The summed E-state index contributed by atoms with van der Waals surface area (Å²) >= 11 is 0. The van der Waals surface area contributed by atoms with E-state index < -0.39 is 0 Å². The Kier molecular flexibility index (Phi) is 3.75. The van der Waals surface area contributed by atoms with Gasteiger partial charge in [-0.2, -0.15) is 0 Å². The summed E-state index contributed by atoms with van der Waals surface area (Å²) in [6, 6.07) is 4.12. The first kappa shape index (κ1) is 15.1. The average molecular weight is 302 g/mol. The molecule has 0 N–H and O–H groups in total. The number of nitrogens with zero attached hydrogens (tertiary/aromatic N) is 4. The highest BCUT2D eigenvalue weighted by molar-refractivity contribution is 5.74. The Labute approximate surface area is 131 Å². The lowest BCUT2D eigenvalue weighted by atomic mass is 9.97. The van der Waals surface area contributed by atoms with Gasteiger partial charge in [-0.25, -0.2) is 9.78 Å². The molecule has 2 aromatic rings. The van der Waals surface area contributed by atoms with Crippen molar-refractivity contribution in [1.29, 1.82) is 0 Å². The van der Waals surface area contributed by atoms with Gasteiger partial charge in [0.05, 0.1) is 5.52 Å². The number of hydrogen-bond donors (Lipinski definition) is 0. The highest BCUT2D eigenvalue weighted by Crippen LogP contribution is 2.23. The summed E-state index contributed by atoms with van der Waals surface area (Å²) in [5.41, 5.74) is 1.80. The Bertz CT molecular complexity index is 729. The first-order chi connectivity index (χ1) is 10.4. The van der Waals surface area contributed by atoms with Crippen molar-refractivity contribution in [3.8, 4) is 0 Å². The summed E-state index contributed by atoms with van der Waals surface area (Å²) in [5, 5.41) is 0. The molecule has 0 atom stereocenters. The molecule has 0 bridgehead atoms. The maximum absolute atomic E-state index is 12.5. The number of fused-ring (bicyclic) bond motifs is 1. The van der Waals surface area contributed by atoms with Crippen molar-refractivity contribution < 1.29 is 0 Å². The predicted octanol–water partition coefficient (Wildman–Crippen LogP) is 2.77. The van der Waals surface area contributed by atoms with Gasteiger partial charge >= 0.3 is 5.69 Å². The van der Waals surface area contributed by atoms with Gasteiger partial charge in [0.2, 0.25) is 0 Å². The standard InChI is InChI=1S/C17H26N4O/c1-17(2,3)12-21-13-8-9-14(20-10-6-5-7-11-20)18-15(13)19(4)16(21)22/h8-9H,5-7,10-12H2,1-4H3. The van der Waals surface area contributed by atoms with E-state index >= 15 is 0 Å². The molecule has 1 aliphatic rings. The normalized spacial score (nSPS) is 16.5. The van der Waals surface area contributed by atoms with Crippen molar-refractivity contribution in [2.24, 2.45) is 12.5 Å². The fourth-order valence-electron chi connectivity index (χ4n) is 3.19. The van der Waals surface area contributed by atoms with Crippen LogP contribution in [-0.2, 0) is 13.6 Å². The zero-order valence-electron chi connectivity index (χ0n) is 14.1. The van der Waals surface area contributed by atoms with Gasteiger partial charge in [-0.3, -0.25) is 9.13 Å². The molecule has 0 spiro atoms. The molecule has 5 nitrogen and oxygen atoms in total. The largest absolute Gasteiger partial charge is 0.357 e. The van der Waals surface area contributed by atoms with E-state index in [4.69, 9.17) is 4.98 Å². The van der Waals surface area contributed by atoms with Crippen LogP contribution in [0.15, 0.2) is 16.9 Å². The minimum atomic E-state index is 0.0215. The third kappa shape index (κ3) is 2.76. The Balaban J connectivity index is 2.06. The van der Waals surface area contributed by atoms with E-state index in [1.54, 1.807) is 4.57 Å². The Morgan fingerprint density at radius 1 is 1.14 bits per heavy atom. The summed E-state index contributed by atoms with van der Waals surface area (Å²) in [5.74, 6) is 0.996. The monoisotopic (exact) mass is 302 g/mol. The zero-order chi connectivity index (χ0) is 15.9. The van der Waals surface area contributed by atoms with Crippen LogP contribution in [0.5, 0.6) is 0 Å². The number of anilines is 1. The van der Waals surface area contributed by atoms with Gasteiger partial charge in [0.25, 0.3) is 0 Å². The van der Waals surface area contributed by atoms with Crippen LogP contribution in [0, 0.1) is 5.41 Å². The smallest absolute Gasteiger partial charge is 0.330 e. The topological polar surface area (TPSA) is 43.1 Å². The first-order valence-corrected chi connectivity index (χ1v) is 8.18. The fraction of sp³-hybridized carbons (Fsp3) is 0.647. The zero-order valence-corrected chi connectivity index (χ0v) is 14.1. The van der Waals surface area contributed by atoms with Crippen molar-refractivity contribution in [3.05, 3.63) is 22.6 Å².